The zero-order valence-corrected chi connectivity index (χ0v) is 17.1. The molecular weight excluding hydrogens is 387 g/mol. The van der Waals surface area contributed by atoms with Crippen molar-refractivity contribution >= 4 is 17.6 Å². The zero-order chi connectivity index (χ0) is 21.2. The van der Waals surface area contributed by atoms with Gasteiger partial charge in [-0.05, 0) is 55.5 Å². The Hall–Kier alpha value is -2.97. The maximum Gasteiger partial charge on any atom is 0.257 e. The minimum absolute atomic E-state index is 0.294. The number of anilines is 1. The minimum Gasteiger partial charge on any atom is -0.494 e. The number of morpholine rings is 1. The third kappa shape index (κ3) is 6.82. The quantitative estimate of drug-likeness (QED) is 0.538. The highest BCUT2D eigenvalue weighted by Crippen LogP contribution is 2.12. The number of guanidine groups is 1. The fourth-order valence-corrected chi connectivity index (χ4v) is 2.96. The van der Waals surface area contributed by atoms with Crippen molar-refractivity contribution in [1.29, 1.82) is 0 Å². The summed E-state index contributed by atoms with van der Waals surface area (Å²) in [5, 5.41) is 5.87. The van der Waals surface area contributed by atoms with Crippen LogP contribution in [0.5, 0.6) is 5.75 Å². The molecule has 0 aliphatic carbocycles. The molecule has 0 saturated carbocycles. The molecular formula is C22H27FN4O3. The first-order valence-electron chi connectivity index (χ1n) is 10.1. The van der Waals surface area contributed by atoms with Crippen molar-refractivity contribution in [2.45, 2.75) is 6.92 Å². The van der Waals surface area contributed by atoms with Crippen molar-refractivity contribution in [3.8, 4) is 5.75 Å². The highest BCUT2D eigenvalue weighted by atomic mass is 19.1. The zero-order valence-electron chi connectivity index (χ0n) is 17.1. The van der Waals surface area contributed by atoms with Crippen LogP contribution < -0.4 is 15.4 Å². The van der Waals surface area contributed by atoms with Crippen molar-refractivity contribution < 1.29 is 18.7 Å². The van der Waals surface area contributed by atoms with Crippen molar-refractivity contribution in [2.75, 3.05) is 51.3 Å². The van der Waals surface area contributed by atoms with Gasteiger partial charge in [-0.1, -0.05) is 0 Å². The average molecular weight is 414 g/mol. The first-order valence-corrected chi connectivity index (χ1v) is 10.1. The monoisotopic (exact) mass is 414 g/mol. The largest absolute Gasteiger partial charge is 0.494 e. The Labute approximate surface area is 175 Å². The summed E-state index contributed by atoms with van der Waals surface area (Å²) in [6.45, 7) is 6.92. The Balaban J connectivity index is 1.66. The van der Waals surface area contributed by atoms with Gasteiger partial charge in [0.1, 0.15) is 11.6 Å². The molecule has 1 aliphatic heterocycles. The predicted octanol–water partition coefficient (Wildman–Crippen LogP) is 2.75. The van der Waals surface area contributed by atoms with Crippen LogP contribution in [0.3, 0.4) is 0 Å². The van der Waals surface area contributed by atoms with Crippen LogP contribution in [0.1, 0.15) is 17.3 Å². The van der Waals surface area contributed by atoms with Crippen LogP contribution in [-0.4, -0.2) is 62.8 Å². The molecule has 1 aliphatic rings. The van der Waals surface area contributed by atoms with Gasteiger partial charge in [0.05, 0.1) is 26.4 Å². The SMILES string of the molecule is CCOc1ccc(C(=O)NC(=NCCN2CCOCC2)Nc2ccc(F)cc2)cc1. The first-order chi connectivity index (χ1) is 14.6. The van der Waals surface area contributed by atoms with Crippen molar-refractivity contribution in [3.05, 3.63) is 59.9 Å². The second-order valence-corrected chi connectivity index (χ2v) is 6.73. The number of nitrogens with one attached hydrogen (secondary N) is 2. The number of aliphatic imine (C=N–C) groups is 1. The lowest BCUT2D eigenvalue weighted by Crippen LogP contribution is -2.39. The van der Waals surface area contributed by atoms with Crippen LogP contribution >= 0.6 is 0 Å². The number of nitrogens with zero attached hydrogens (tertiary/aromatic N) is 2. The number of rotatable bonds is 7. The van der Waals surface area contributed by atoms with E-state index in [4.69, 9.17) is 9.47 Å². The van der Waals surface area contributed by atoms with E-state index < -0.39 is 0 Å². The molecule has 7 nitrogen and oxygen atoms in total. The lowest BCUT2D eigenvalue weighted by molar-refractivity contribution is 0.0394. The summed E-state index contributed by atoms with van der Waals surface area (Å²) in [6, 6.07) is 12.8. The molecule has 3 rings (SSSR count). The number of benzene rings is 2. The van der Waals surface area contributed by atoms with Crippen LogP contribution in [-0.2, 0) is 4.74 Å². The van der Waals surface area contributed by atoms with Crippen molar-refractivity contribution in [3.63, 3.8) is 0 Å². The predicted molar refractivity (Wildman–Crippen MR) is 115 cm³/mol. The lowest BCUT2D eigenvalue weighted by atomic mass is 10.2. The summed E-state index contributed by atoms with van der Waals surface area (Å²) in [5.74, 6) is 0.397. The Bertz CT molecular complexity index is 834. The van der Waals surface area contributed by atoms with Gasteiger partial charge < -0.3 is 14.8 Å². The fourth-order valence-electron chi connectivity index (χ4n) is 2.96. The molecule has 1 fully saturated rings. The molecule has 2 aromatic rings. The van der Waals surface area contributed by atoms with E-state index in [1.54, 1.807) is 36.4 Å². The third-order valence-electron chi connectivity index (χ3n) is 4.56. The van der Waals surface area contributed by atoms with Gasteiger partial charge in [0.2, 0.25) is 5.96 Å². The third-order valence-corrected chi connectivity index (χ3v) is 4.56. The molecule has 1 saturated heterocycles. The molecule has 1 amide bonds. The van der Waals surface area contributed by atoms with Crippen LogP contribution in [0.4, 0.5) is 10.1 Å². The summed E-state index contributed by atoms with van der Waals surface area (Å²) in [7, 11) is 0. The van der Waals surface area contributed by atoms with Crippen molar-refractivity contribution in [2.24, 2.45) is 4.99 Å². The van der Waals surface area contributed by atoms with Gasteiger partial charge in [0, 0.05) is 30.9 Å². The summed E-state index contributed by atoms with van der Waals surface area (Å²) >= 11 is 0. The van der Waals surface area contributed by atoms with E-state index in [0.29, 0.717) is 36.1 Å². The van der Waals surface area contributed by atoms with Gasteiger partial charge in [-0.15, -0.1) is 0 Å². The first kappa shape index (κ1) is 21.7. The van der Waals surface area contributed by atoms with Gasteiger partial charge in [-0.3, -0.25) is 20.0 Å². The molecule has 0 radical (unpaired) electrons. The number of hydrogen-bond donors (Lipinski definition) is 2. The van der Waals surface area contributed by atoms with E-state index in [-0.39, 0.29) is 11.7 Å². The summed E-state index contributed by atoms with van der Waals surface area (Å²) in [4.78, 5) is 19.5. The van der Waals surface area contributed by atoms with E-state index in [9.17, 15) is 9.18 Å². The number of hydrogen-bond acceptors (Lipinski definition) is 5. The van der Waals surface area contributed by atoms with Gasteiger partial charge in [-0.25, -0.2) is 4.39 Å². The van der Waals surface area contributed by atoms with Crippen LogP contribution in [0.2, 0.25) is 0 Å². The molecule has 0 bridgehead atoms. The van der Waals surface area contributed by atoms with Crippen molar-refractivity contribution in [1.82, 2.24) is 10.2 Å². The molecule has 160 valence electrons. The highest BCUT2D eigenvalue weighted by Gasteiger charge is 2.12. The molecule has 0 spiro atoms. The van der Waals surface area contributed by atoms with E-state index in [1.165, 1.54) is 12.1 Å². The number of carbonyl (C=O) groups is 1. The Kier molecular flexibility index (Phi) is 8.17. The van der Waals surface area contributed by atoms with Gasteiger partial charge >= 0.3 is 0 Å². The summed E-state index contributed by atoms with van der Waals surface area (Å²) in [5.41, 5.74) is 1.12. The van der Waals surface area contributed by atoms with E-state index in [1.807, 2.05) is 6.92 Å². The highest BCUT2D eigenvalue weighted by molar-refractivity contribution is 6.09. The summed E-state index contributed by atoms with van der Waals surface area (Å²) < 4.78 is 24.0. The molecule has 8 heteroatoms. The van der Waals surface area contributed by atoms with Gasteiger partial charge in [0.25, 0.3) is 5.91 Å². The molecule has 2 N–H and O–H groups in total. The van der Waals surface area contributed by atoms with Crippen LogP contribution in [0, 0.1) is 5.82 Å². The Morgan fingerprint density at radius 3 is 2.50 bits per heavy atom. The van der Waals surface area contributed by atoms with E-state index in [2.05, 4.69) is 20.5 Å². The lowest BCUT2D eigenvalue weighted by Gasteiger charge is -2.25. The number of carbonyl (C=O) groups excluding carboxylic acids is 1. The smallest absolute Gasteiger partial charge is 0.257 e. The maximum atomic E-state index is 13.2. The van der Waals surface area contributed by atoms with E-state index >= 15 is 0 Å². The van der Waals surface area contributed by atoms with Crippen LogP contribution in [0.15, 0.2) is 53.5 Å². The Morgan fingerprint density at radius 2 is 1.83 bits per heavy atom. The minimum atomic E-state index is -0.329. The van der Waals surface area contributed by atoms with Gasteiger partial charge in [-0.2, -0.15) is 0 Å². The second kappa shape index (κ2) is 11.3. The average Bonchev–Trinajstić information content (AvgIpc) is 2.77. The molecule has 30 heavy (non-hydrogen) atoms. The topological polar surface area (TPSA) is 75.2 Å². The number of halogens is 1. The second-order valence-electron chi connectivity index (χ2n) is 6.73. The maximum absolute atomic E-state index is 13.2. The summed E-state index contributed by atoms with van der Waals surface area (Å²) in [6.07, 6.45) is 0. The standard InChI is InChI=1S/C22H27FN4O3/c1-2-30-20-9-3-17(4-10-20)21(28)26-22(25-19-7-5-18(23)6-8-19)24-11-12-27-13-15-29-16-14-27/h3-10H,2,11-16H2,1H3,(H2,24,25,26,28). The molecule has 0 unspecified atom stereocenters. The normalized spacial score (nSPS) is 14.9. The number of ether oxygens (including phenoxy) is 2. The number of amides is 1. The molecule has 0 aromatic heterocycles. The Morgan fingerprint density at radius 1 is 1.13 bits per heavy atom. The fraction of sp³-hybridized carbons (Fsp3) is 0.364. The molecule has 0 atom stereocenters. The van der Waals surface area contributed by atoms with E-state index in [0.717, 1.165) is 32.8 Å². The van der Waals surface area contributed by atoms with Crippen LogP contribution in [0.25, 0.3) is 0 Å². The molecule has 2 aromatic carbocycles. The van der Waals surface area contributed by atoms with Gasteiger partial charge in [0.15, 0.2) is 0 Å². The molecule has 1 heterocycles.